The summed E-state index contributed by atoms with van der Waals surface area (Å²) >= 11 is 6.92. The molecular formula is C35H31BrFIN2O8S. The summed E-state index contributed by atoms with van der Waals surface area (Å²) < 4.78 is 44.5. The molecular weight excluding hydrogens is 834 g/mol. The maximum absolute atomic E-state index is 14.2. The van der Waals surface area contributed by atoms with Crippen molar-refractivity contribution in [2.45, 2.75) is 33.4 Å². The van der Waals surface area contributed by atoms with Crippen LogP contribution in [0.4, 0.5) is 4.39 Å². The van der Waals surface area contributed by atoms with Gasteiger partial charge in [0.15, 0.2) is 22.9 Å². The fourth-order valence-electron chi connectivity index (χ4n) is 5.12. The van der Waals surface area contributed by atoms with Gasteiger partial charge in [-0.1, -0.05) is 29.5 Å². The van der Waals surface area contributed by atoms with Crippen LogP contribution in [0.1, 0.15) is 43.5 Å². The molecule has 0 aliphatic carbocycles. The average Bonchev–Trinajstić information content (AvgIpc) is 3.36. The third-order valence-corrected chi connectivity index (χ3v) is 9.64. The normalized spacial score (nSPS) is 14.2. The van der Waals surface area contributed by atoms with E-state index in [1.165, 1.54) is 35.1 Å². The molecule has 1 aliphatic heterocycles. The van der Waals surface area contributed by atoms with Crippen LogP contribution in [-0.4, -0.2) is 43.4 Å². The molecule has 1 atom stereocenters. The molecule has 5 rings (SSSR count). The van der Waals surface area contributed by atoms with Gasteiger partial charge in [-0.15, -0.1) is 0 Å². The number of thiazole rings is 1. The number of ether oxygens (including phenoxy) is 5. The van der Waals surface area contributed by atoms with Crippen LogP contribution in [0.5, 0.6) is 17.2 Å². The van der Waals surface area contributed by atoms with Crippen molar-refractivity contribution < 1.29 is 37.7 Å². The van der Waals surface area contributed by atoms with Gasteiger partial charge in [0.2, 0.25) is 0 Å². The van der Waals surface area contributed by atoms with Crippen molar-refractivity contribution in [2.75, 3.05) is 26.9 Å². The van der Waals surface area contributed by atoms with E-state index in [-0.39, 0.29) is 36.8 Å². The lowest BCUT2D eigenvalue weighted by molar-refractivity contribution is -0.143. The maximum Gasteiger partial charge on any atom is 0.343 e. The Balaban J connectivity index is 1.57. The molecule has 0 N–H and O–H groups in total. The Morgan fingerprint density at radius 2 is 1.86 bits per heavy atom. The van der Waals surface area contributed by atoms with E-state index in [2.05, 4.69) is 48.3 Å². The number of esters is 2. The topological polar surface area (TPSA) is 115 Å². The predicted molar refractivity (Wildman–Crippen MR) is 193 cm³/mol. The molecule has 0 fully saturated rings. The molecule has 14 heteroatoms. The second kappa shape index (κ2) is 16.1. The van der Waals surface area contributed by atoms with Crippen molar-refractivity contribution in [3.63, 3.8) is 0 Å². The van der Waals surface area contributed by atoms with Gasteiger partial charge < -0.3 is 23.7 Å². The molecule has 2 heterocycles. The monoisotopic (exact) mass is 864 g/mol. The number of hydrogen-bond donors (Lipinski definition) is 0. The first-order valence-electron chi connectivity index (χ1n) is 15.1. The molecule has 4 aromatic rings. The van der Waals surface area contributed by atoms with E-state index in [0.717, 1.165) is 9.13 Å². The third kappa shape index (κ3) is 8.24. The Kier molecular flexibility index (Phi) is 11.9. The Morgan fingerprint density at radius 1 is 1.06 bits per heavy atom. The molecule has 49 heavy (non-hydrogen) atoms. The second-order valence-electron chi connectivity index (χ2n) is 10.5. The van der Waals surface area contributed by atoms with Gasteiger partial charge in [-0.05, 0) is 118 Å². The SMILES string of the molecule is CCOC(=O)C1=C(C)N=c2s/c(=C\c3cc(Br)c(OCc4cccc(F)c4)c(I)c3)c(=O)n2[C@H]1c1ccc(OCC(=O)OC)c(OCC)c1. The highest BCUT2D eigenvalue weighted by atomic mass is 127. The van der Waals surface area contributed by atoms with E-state index < -0.39 is 18.0 Å². The van der Waals surface area contributed by atoms with Crippen molar-refractivity contribution in [3.8, 4) is 17.2 Å². The molecule has 0 saturated heterocycles. The fraction of sp³-hybridized carbons (Fsp3) is 0.257. The zero-order valence-electron chi connectivity index (χ0n) is 26.9. The zero-order valence-corrected chi connectivity index (χ0v) is 31.4. The summed E-state index contributed by atoms with van der Waals surface area (Å²) in [6, 6.07) is 14.0. The molecule has 0 spiro atoms. The van der Waals surface area contributed by atoms with E-state index in [4.69, 9.17) is 18.9 Å². The number of benzene rings is 3. The van der Waals surface area contributed by atoms with Gasteiger partial charge in [-0.3, -0.25) is 9.36 Å². The zero-order chi connectivity index (χ0) is 35.2. The first-order valence-corrected chi connectivity index (χ1v) is 17.8. The number of aromatic nitrogens is 1. The number of carbonyl (C=O) groups excluding carboxylic acids is 2. The van der Waals surface area contributed by atoms with Crippen molar-refractivity contribution in [1.82, 2.24) is 4.57 Å². The summed E-state index contributed by atoms with van der Waals surface area (Å²) in [5.41, 5.74) is 2.24. The van der Waals surface area contributed by atoms with Crippen LogP contribution in [-0.2, 0) is 25.7 Å². The quantitative estimate of drug-likeness (QED) is 0.129. The first kappa shape index (κ1) is 36.3. The lowest BCUT2D eigenvalue weighted by atomic mass is 9.95. The summed E-state index contributed by atoms with van der Waals surface area (Å²) in [6.45, 7) is 5.49. The van der Waals surface area contributed by atoms with Gasteiger partial charge in [0.05, 0.1) is 50.2 Å². The molecule has 3 aromatic carbocycles. The van der Waals surface area contributed by atoms with E-state index in [9.17, 15) is 18.8 Å². The van der Waals surface area contributed by atoms with Gasteiger partial charge in [-0.2, -0.15) is 0 Å². The number of nitrogens with zero attached hydrogens (tertiary/aromatic N) is 2. The number of rotatable bonds is 12. The minimum Gasteiger partial charge on any atom is -0.490 e. The van der Waals surface area contributed by atoms with E-state index in [1.54, 1.807) is 57.2 Å². The predicted octanol–water partition coefficient (Wildman–Crippen LogP) is 5.83. The Morgan fingerprint density at radius 3 is 2.55 bits per heavy atom. The lowest BCUT2D eigenvalue weighted by Crippen LogP contribution is -2.40. The number of halogens is 3. The van der Waals surface area contributed by atoms with Crippen LogP contribution in [0.3, 0.4) is 0 Å². The number of fused-ring (bicyclic) bond motifs is 1. The summed E-state index contributed by atoms with van der Waals surface area (Å²) in [5, 5.41) is 0. The lowest BCUT2D eigenvalue weighted by Gasteiger charge is -2.25. The van der Waals surface area contributed by atoms with Crippen LogP contribution in [0.2, 0.25) is 0 Å². The van der Waals surface area contributed by atoms with Gasteiger partial charge in [0.25, 0.3) is 5.56 Å². The molecule has 0 radical (unpaired) electrons. The average molecular weight is 866 g/mol. The second-order valence-corrected chi connectivity index (χ2v) is 13.6. The van der Waals surface area contributed by atoms with Crippen LogP contribution >= 0.6 is 49.9 Å². The summed E-state index contributed by atoms with van der Waals surface area (Å²) in [6.07, 6.45) is 1.75. The smallest absolute Gasteiger partial charge is 0.343 e. The summed E-state index contributed by atoms with van der Waals surface area (Å²) in [4.78, 5) is 44.3. The van der Waals surface area contributed by atoms with Crippen molar-refractivity contribution >= 4 is 67.9 Å². The maximum atomic E-state index is 14.2. The van der Waals surface area contributed by atoms with Crippen molar-refractivity contribution in [1.29, 1.82) is 0 Å². The number of carbonyl (C=O) groups is 2. The van der Waals surface area contributed by atoms with E-state index in [0.29, 0.717) is 54.5 Å². The minimum absolute atomic E-state index is 0.132. The largest absolute Gasteiger partial charge is 0.490 e. The van der Waals surface area contributed by atoms with E-state index >= 15 is 0 Å². The highest BCUT2D eigenvalue weighted by Gasteiger charge is 2.34. The van der Waals surface area contributed by atoms with Crippen LogP contribution in [0.25, 0.3) is 6.08 Å². The van der Waals surface area contributed by atoms with Crippen LogP contribution in [0.15, 0.2) is 80.1 Å². The highest BCUT2D eigenvalue weighted by molar-refractivity contribution is 14.1. The van der Waals surface area contributed by atoms with Crippen molar-refractivity contribution in [2.24, 2.45) is 4.99 Å². The van der Waals surface area contributed by atoms with Gasteiger partial charge in [0.1, 0.15) is 18.2 Å². The van der Waals surface area contributed by atoms with Crippen molar-refractivity contribution in [3.05, 3.63) is 116 Å². The Labute approximate surface area is 307 Å². The summed E-state index contributed by atoms with van der Waals surface area (Å²) in [5.74, 6) is -0.292. The number of methoxy groups -OCH3 is 1. The molecule has 0 saturated carbocycles. The molecule has 10 nitrogen and oxygen atoms in total. The van der Waals surface area contributed by atoms with Crippen LogP contribution < -0.4 is 29.1 Å². The van der Waals surface area contributed by atoms with Gasteiger partial charge >= 0.3 is 11.9 Å². The third-order valence-electron chi connectivity index (χ3n) is 7.26. The van der Waals surface area contributed by atoms with Gasteiger partial charge in [0, 0.05) is 0 Å². The molecule has 256 valence electrons. The fourth-order valence-corrected chi connectivity index (χ4v) is 7.93. The molecule has 0 unspecified atom stereocenters. The molecule has 0 amide bonds. The highest BCUT2D eigenvalue weighted by Crippen LogP contribution is 2.37. The first-order chi connectivity index (χ1) is 23.5. The Bertz CT molecular complexity index is 2110. The summed E-state index contributed by atoms with van der Waals surface area (Å²) in [7, 11) is 1.26. The number of allylic oxidation sites excluding steroid dienone is 1. The molecule has 0 bridgehead atoms. The van der Waals surface area contributed by atoms with E-state index in [1.807, 2.05) is 12.1 Å². The standard InChI is InChI=1S/C35H31BrFIN2O8S/c1-5-45-27-16-22(10-11-26(27)47-18-29(41)44-4)31-30(34(43)46-6-2)19(3)39-35-40(31)33(42)28(49-35)15-21-13-24(36)32(25(38)14-21)48-17-20-8-7-9-23(37)12-20/h7-16,31H,5-6,17-18H2,1-4H3/b28-15-/t31-/m0/s1. The molecule has 1 aliphatic rings. The molecule has 1 aromatic heterocycles. The van der Waals surface area contributed by atoms with Gasteiger partial charge in [-0.25, -0.2) is 19.0 Å². The minimum atomic E-state index is -0.892. The Hall–Kier alpha value is -4.02. The van der Waals surface area contributed by atoms with Crippen LogP contribution in [0, 0.1) is 9.39 Å². The number of hydrogen-bond acceptors (Lipinski definition) is 10.